The molecule has 0 saturated heterocycles. The molecule has 50 heavy (non-hydrogen) atoms. The summed E-state index contributed by atoms with van der Waals surface area (Å²) >= 11 is 0. The van der Waals surface area contributed by atoms with E-state index < -0.39 is 8.07 Å². The Morgan fingerprint density at radius 3 is 2.56 bits per heavy atom. The molecule has 6 heterocycles. The third kappa shape index (κ3) is 5.11. The molecule has 0 bridgehead atoms. The van der Waals surface area contributed by atoms with E-state index in [-0.39, 0.29) is 6.04 Å². The monoisotopic (exact) mass is 675 g/mol. The zero-order valence-corrected chi connectivity index (χ0v) is 31.1. The van der Waals surface area contributed by atoms with Gasteiger partial charge in [0.1, 0.15) is 0 Å². The van der Waals surface area contributed by atoms with E-state index >= 15 is 0 Å². The standard InChI is InChI=1S/C45H49N3OSi/c1-6-30-26-40-35-16-11-10-15-34(35)36-20-18-32-19-21-37-38-17-12-23-46-45(38)49-44(37)43(32)41-27-33(31-13-8-7-9-14-31)22-24-47(41)29(2)25-39(36)48(40)28-42(30)50(3,4)5/h10-12,15-17,19,21-24,26-28,31,36,39H,2,6-9,13-14,18,20,25H2,1,3-5H3/q+2. The predicted octanol–water partition coefficient (Wildman–Crippen LogP) is 10.2. The van der Waals surface area contributed by atoms with Crippen molar-refractivity contribution in [1.29, 1.82) is 0 Å². The van der Waals surface area contributed by atoms with Crippen LogP contribution in [0.5, 0.6) is 0 Å². The average molecular weight is 676 g/mol. The highest BCUT2D eigenvalue weighted by Gasteiger charge is 2.44. The highest BCUT2D eigenvalue weighted by molar-refractivity contribution is 6.89. The Bertz CT molecular complexity index is 2300. The normalized spacial score (nSPS) is 19.4. The van der Waals surface area contributed by atoms with Gasteiger partial charge in [-0.1, -0.05) is 76.2 Å². The number of aryl methyl sites for hydroxylation is 2. The Labute approximate surface area is 297 Å². The SMILES string of the molecule is C=C1CC2C(CCc3ccc4c(oc5ncccc54)c3-c3cc(C4CCCCC4)cc[n+]31)c1ccccc1-c1cc(CC)c([Si](C)(C)C)c[n+]12. The van der Waals surface area contributed by atoms with Gasteiger partial charge in [-0.05, 0) is 85.1 Å². The smallest absolute Gasteiger partial charge is 0.227 e. The molecular formula is C45H49N3OSi+2. The van der Waals surface area contributed by atoms with Gasteiger partial charge in [0.2, 0.25) is 17.1 Å². The molecule has 2 aromatic carbocycles. The van der Waals surface area contributed by atoms with Gasteiger partial charge in [0.15, 0.2) is 29.7 Å². The number of hydrogen-bond acceptors (Lipinski definition) is 2. The maximum Gasteiger partial charge on any atom is 0.227 e. The van der Waals surface area contributed by atoms with Gasteiger partial charge in [-0.3, -0.25) is 0 Å². The molecule has 5 heteroatoms. The zero-order chi connectivity index (χ0) is 34.1. The van der Waals surface area contributed by atoms with Gasteiger partial charge in [0.25, 0.3) is 0 Å². The van der Waals surface area contributed by atoms with E-state index in [0.29, 0.717) is 17.5 Å². The molecule has 3 aliphatic rings. The van der Waals surface area contributed by atoms with E-state index in [4.69, 9.17) is 11.0 Å². The van der Waals surface area contributed by atoms with E-state index in [0.717, 1.165) is 47.7 Å². The number of furan rings is 1. The maximum absolute atomic E-state index is 6.72. The van der Waals surface area contributed by atoms with Crippen molar-refractivity contribution in [3.63, 3.8) is 0 Å². The largest absolute Gasteiger partial charge is 0.437 e. The molecule has 2 aliphatic heterocycles. The van der Waals surface area contributed by atoms with Crippen molar-refractivity contribution in [3.05, 3.63) is 114 Å². The number of hydrogen-bond donors (Lipinski definition) is 0. The summed E-state index contributed by atoms with van der Waals surface area (Å²) in [5.41, 5.74) is 13.7. The summed E-state index contributed by atoms with van der Waals surface area (Å²) < 4.78 is 11.8. The van der Waals surface area contributed by atoms with E-state index in [1.165, 1.54) is 76.9 Å². The number of aromatic nitrogens is 3. The van der Waals surface area contributed by atoms with Gasteiger partial charge < -0.3 is 4.42 Å². The number of rotatable bonds is 3. The predicted molar refractivity (Wildman–Crippen MR) is 207 cm³/mol. The van der Waals surface area contributed by atoms with Crippen LogP contribution in [-0.2, 0) is 12.8 Å². The molecular weight excluding hydrogens is 627 g/mol. The molecule has 252 valence electrons. The Balaban J connectivity index is 1.28. The molecule has 9 rings (SSSR count). The summed E-state index contributed by atoms with van der Waals surface area (Å²) in [4.78, 5) is 4.65. The molecule has 4 nitrogen and oxygen atoms in total. The quantitative estimate of drug-likeness (QED) is 0.138. The number of pyridine rings is 3. The lowest BCUT2D eigenvalue weighted by Gasteiger charge is -2.33. The van der Waals surface area contributed by atoms with Crippen LogP contribution in [0.15, 0.2) is 96.3 Å². The molecule has 6 aromatic rings. The fourth-order valence-corrected chi connectivity index (χ4v) is 11.4. The Morgan fingerprint density at radius 2 is 1.74 bits per heavy atom. The molecule has 0 radical (unpaired) electrons. The van der Waals surface area contributed by atoms with E-state index in [1.807, 2.05) is 12.3 Å². The Morgan fingerprint density at radius 1 is 0.900 bits per heavy atom. The molecule has 0 spiro atoms. The molecule has 0 amide bonds. The molecule has 1 saturated carbocycles. The topological polar surface area (TPSA) is 33.8 Å². The molecule has 0 N–H and O–H groups in total. The number of fused-ring (bicyclic) bond motifs is 13. The number of allylic oxidation sites excluding steroid dienone is 1. The van der Waals surface area contributed by atoms with Gasteiger partial charge in [0.05, 0.1) is 20.1 Å². The summed E-state index contributed by atoms with van der Waals surface area (Å²) in [6.07, 6.45) is 17.2. The van der Waals surface area contributed by atoms with Crippen molar-refractivity contribution >= 4 is 41.0 Å². The Kier molecular flexibility index (Phi) is 7.69. The highest BCUT2D eigenvalue weighted by atomic mass is 28.3. The van der Waals surface area contributed by atoms with Crippen molar-refractivity contribution < 1.29 is 13.6 Å². The van der Waals surface area contributed by atoms with Crippen LogP contribution >= 0.6 is 0 Å². The van der Waals surface area contributed by atoms with Crippen molar-refractivity contribution in [1.82, 2.24) is 4.98 Å². The second-order valence-electron chi connectivity index (χ2n) is 16.2. The fourth-order valence-electron chi connectivity index (χ4n) is 9.64. The minimum absolute atomic E-state index is 0.271. The fraction of sp³-hybridized carbons (Fsp3) is 0.356. The first-order chi connectivity index (χ1) is 24.3. The first-order valence-electron chi connectivity index (χ1n) is 19.0. The van der Waals surface area contributed by atoms with Crippen molar-refractivity contribution in [2.75, 3.05) is 0 Å². The molecule has 2 unspecified atom stereocenters. The van der Waals surface area contributed by atoms with Crippen molar-refractivity contribution in [2.45, 2.75) is 102 Å². The van der Waals surface area contributed by atoms with Crippen LogP contribution in [0.2, 0.25) is 19.6 Å². The van der Waals surface area contributed by atoms with Crippen molar-refractivity contribution in [2.24, 2.45) is 0 Å². The van der Waals surface area contributed by atoms with Crippen LogP contribution in [0.3, 0.4) is 0 Å². The average Bonchev–Trinajstić information content (AvgIpc) is 3.52. The minimum Gasteiger partial charge on any atom is -0.437 e. The summed E-state index contributed by atoms with van der Waals surface area (Å²) in [5.74, 6) is 0.958. The third-order valence-corrected chi connectivity index (χ3v) is 14.2. The van der Waals surface area contributed by atoms with Crippen LogP contribution in [0.25, 0.3) is 50.3 Å². The second-order valence-corrected chi connectivity index (χ2v) is 21.2. The van der Waals surface area contributed by atoms with E-state index in [1.54, 1.807) is 5.19 Å². The zero-order valence-electron chi connectivity index (χ0n) is 30.1. The molecule has 2 atom stereocenters. The van der Waals surface area contributed by atoms with Crippen LogP contribution in [0.4, 0.5) is 0 Å². The van der Waals surface area contributed by atoms with E-state index in [9.17, 15) is 0 Å². The molecule has 1 fully saturated rings. The van der Waals surface area contributed by atoms with Gasteiger partial charge in [-0.15, -0.1) is 0 Å². The third-order valence-electron chi connectivity index (χ3n) is 12.2. The van der Waals surface area contributed by atoms with Gasteiger partial charge >= 0.3 is 0 Å². The minimum atomic E-state index is -1.60. The highest BCUT2D eigenvalue weighted by Crippen LogP contribution is 2.46. The van der Waals surface area contributed by atoms with Crippen LogP contribution in [0.1, 0.15) is 92.0 Å². The van der Waals surface area contributed by atoms with Crippen molar-refractivity contribution in [3.8, 4) is 22.5 Å². The van der Waals surface area contributed by atoms with Gasteiger partial charge in [-0.25, -0.2) is 4.98 Å². The van der Waals surface area contributed by atoms with Gasteiger partial charge in [-0.2, -0.15) is 9.13 Å². The van der Waals surface area contributed by atoms with Crippen LogP contribution in [-0.4, -0.2) is 13.1 Å². The molecule has 4 aromatic heterocycles. The Hall–Kier alpha value is -4.35. The van der Waals surface area contributed by atoms with Crippen LogP contribution < -0.4 is 14.3 Å². The summed E-state index contributed by atoms with van der Waals surface area (Å²) in [7, 11) is -1.60. The lowest BCUT2D eigenvalue weighted by molar-refractivity contribution is -0.719. The number of nitrogens with zero attached hydrogens (tertiary/aromatic N) is 3. The summed E-state index contributed by atoms with van der Waals surface area (Å²) in [6.45, 7) is 14.7. The van der Waals surface area contributed by atoms with Gasteiger partial charge in [0, 0.05) is 51.8 Å². The first-order valence-corrected chi connectivity index (χ1v) is 22.5. The van der Waals surface area contributed by atoms with Crippen LogP contribution in [0, 0.1) is 0 Å². The molecule has 1 aliphatic carbocycles. The second kappa shape index (κ2) is 12.2. The lowest BCUT2D eigenvalue weighted by Crippen LogP contribution is -2.54. The summed E-state index contributed by atoms with van der Waals surface area (Å²) in [5, 5.41) is 3.80. The number of benzene rings is 2. The lowest BCUT2D eigenvalue weighted by atomic mass is 9.77. The first kappa shape index (κ1) is 31.6. The maximum atomic E-state index is 6.72. The van der Waals surface area contributed by atoms with E-state index in [2.05, 4.69) is 114 Å². The summed E-state index contributed by atoms with van der Waals surface area (Å²) in [6, 6.07) is 25.7.